The van der Waals surface area contributed by atoms with Gasteiger partial charge in [0.25, 0.3) is 5.91 Å². The summed E-state index contributed by atoms with van der Waals surface area (Å²) in [5.41, 5.74) is 3.79. The van der Waals surface area contributed by atoms with Gasteiger partial charge >= 0.3 is 0 Å². The van der Waals surface area contributed by atoms with E-state index in [1.807, 2.05) is 0 Å². The SMILES string of the molecule is N#Cc1ccc(C(=O)NCCCc2ccc(N3CCCCCC3)cc2)cc1. The number of hydrogen-bond acceptors (Lipinski definition) is 3. The Hall–Kier alpha value is -2.80. The first-order valence-electron chi connectivity index (χ1n) is 9.88. The van der Waals surface area contributed by atoms with Crippen LogP contribution in [0.2, 0.25) is 0 Å². The van der Waals surface area contributed by atoms with E-state index in [0.29, 0.717) is 17.7 Å². The number of nitrogens with zero attached hydrogens (tertiary/aromatic N) is 2. The first-order chi connectivity index (χ1) is 13.3. The summed E-state index contributed by atoms with van der Waals surface area (Å²) in [4.78, 5) is 14.6. The van der Waals surface area contributed by atoms with Gasteiger partial charge in [-0.15, -0.1) is 0 Å². The minimum Gasteiger partial charge on any atom is -0.372 e. The Morgan fingerprint density at radius 1 is 0.963 bits per heavy atom. The molecule has 1 saturated heterocycles. The van der Waals surface area contributed by atoms with Gasteiger partial charge in [-0.1, -0.05) is 25.0 Å². The standard InChI is InChI=1S/C23H27N3O/c24-18-20-7-11-21(12-8-20)23(27)25-15-5-6-19-9-13-22(14-10-19)26-16-3-1-2-4-17-26/h7-14H,1-6,15-17H2,(H,25,27). The van der Waals surface area contributed by atoms with Crippen LogP contribution in [0.3, 0.4) is 0 Å². The third-order valence-corrected chi connectivity index (χ3v) is 5.11. The molecule has 4 nitrogen and oxygen atoms in total. The van der Waals surface area contributed by atoms with Gasteiger partial charge in [-0.2, -0.15) is 5.26 Å². The number of nitriles is 1. The predicted octanol–water partition coefficient (Wildman–Crippen LogP) is 4.30. The van der Waals surface area contributed by atoms with Crippen molar-refractivity contribution in [2.24, 2.45) is 0 Å². The Morgan fingerprint density at radius 3 is 2.26 bits per heavy atom. The molecule has 1 aliphatic heterocycles. The molecule has 0 radical (unpaired) electrons. The zero-order valence-electron chi connectivity index (χ0n) is 15.8. The van der Waals surface area contributed by atoms with Crippen molar-refractivity contribution in [3.8, 4) is 6.07 Å². The lowest BCUT2D eigenvalue weighted by Gasteiger charge is -2.22. The molecule has 0 spiro atoms. The Morgan fingerprint density at radius 2 is 1.63 bits per heavy atom. The van der Waals surface area contributed by atoms with Crippen LogP contribution in [0.15, 0.2) is 48.5 Å². The Balaban J connectivity index is 1.42. The van der Waals surface area contributed by atoms with Gasteiger partial charge < -0.3 is 10.2 Å². The highest BCUT2D eigenvalue weighted by Crippen LogP contribution is 2.20. The zero-order valence-corrected chi connectivity index (χ0v) is 15.8. The quantitative estimate of drug-likeness (QED) is 0.781. The molecule has 3 rings (SSSR count). The van der Waals surface area contributed by atoms with Crippen molar-refractivity contribution in [2.75, 3.05) is 24.5 Å². The highest BCUT2D eigenvalue weighted by molar-refractivity contribution is 5.94. The number of amides is 1. The topological polar surface area (TPSA) is 56.1 Å². The van der Waals surface area contributed by atoms with Crippen LogP contribution < -0.4 is 10.2 Å². The molecule has 4 heteroatoms. The number of carbonyl (C=O) groups excluding carboxylic acids is 1. The van der Waals surface area contributed by atoms with Crippen LogP contribution in [0.5, 0.6) is 0 Å². The molecular weight excluding hydrogens is 334 g/mol. The van der Waals surface area contributed by atoms with Crippen LogP contribution in [0.25, 0.3) is 0 Å². The summed E-state index contributed by atoms with van der Waals surface area (Å²) in [6.45, 7) is 2.98. The first kappa shape index (κ1) is 19.0. The van der Waals surface area contributed by atoms with Crippen molar-refractivity contribution in [3.05, 3.63) is 65.2 Å². The van der Waals surface area contributed by atoms with Gasteiger partial charge in [0, 0.05) is 30.9 Å². The lowest BCUT2D eigenvalue weighted by Crippen LogP contribution is -2.24. The van der Waals surface area contributed by atoms with Crippen LogP contribution in [-0.4, -0.2) is 25.5 Å². The van der Waals surface area contributed by atoms with E-state index in [9.17, 15) is 4.79 Å². The minimum atomic E-state index is -0.0870. The summed E-state index contributed by atoms with van der Waals surface area (Å²) in [7, 11) is 0. The summed E-state index contributed by atoms with van der Waals surface area (Å²) >= 11 is 0. The Bertz CT molecular complexity index is 767. The summed E-state index contributed by atoms with van der Waals surface area (Å²) in [6, 6.07) is 17.7. The Labute approximate surface area is 161 Å². The molecule has 1 aliphatic rings. The molecule has 0 aromatic heterocycles. The van der Waals surface area contributed by atoms with E-state index in [4.69, 9.17) is 5.26 Å². The molecule has 27 heavy (non-hydrogen) atoms. The number of benzene rings is 2. The zero-order chi connectivity index (χ0) is 18.9. The van der Waals surface area contributed by atoms with E-state index in [2.05, 4.69) is 40.6 Å². The van der Waals surface area contributed by atoms with Crippen LogP contribution in [0, 0.1) is 11.3 Å². The van der Waals surface area contributed by atoms with E-state index >= 15 is 0 Å². The highest BCUT2D eigenvalue weighted by Gasteiger charge is 2.09. The van der Waals surface area contributed by atoms with Crippen molar-refractivity contribution in [1.29, 1.82) is 5.26 Å². The second-order valence-corrected chi connectivity index (χ2v) is 7.12. The second-order valence-electron chi connectivity index (χ2n) is 7.12. The monoisotopic (exact) mass is 361 g/mol. The van der Waals surface area contributed by atoms with Crippen molar-refractivity contribution in [2.45, 2.75) is 38.5 Å². The summed E-state index contributed by atoms with van der Waals surface area (Å²) < 4.78 is 0. The van der Waals surface area contributed by atoms with Crippen LogP contribution in [-0.2, 0) is 6.42 Å². The number of aryl methyl sites for hydroxylation is 1. The molecular formula is C23H27N3O. The van der Waals surface area contributed by atoms with E-state index in [0.717, 1.165) is 12.8 Å². The van der Waals surface area contributed by atoms with Gasteiger partial charge in [0.15, 0.2) is 0 Å². The molecule has 140 valence electrons. The number of anilines is 1. The minimum absolute atomic E-state index is 0.0870. The van der Waals surface area contributed by atoms with Crippen molar-refractivity contribution in [3.63, 3.8) is 0 Å². The summed E-state index contributed by atoms with van der Waals surface area (Å²) in [5, 5.41) is 11.7. The number of carbonyl (C=O) groups is 1. The highest BCUT2D eigenvalue weighted by atomic mass is 16.1. The van der Waals surface area contributed by atoms with E-state index < -0.39 is 0 Å². The normalized spacial score (nSPS) is 14.3. The lowest BCUT2D eigenvalue weighted by atomic mass is 10.1. The molecule has 0 aliphatic carbocycles. The molecule has 1 heterocycles. The number of hydrogen-bond donors (Lipinski definition) is 1. The molecule has 0 bridgehead atoms. The van der Waals surface area contributed by atoms with E-state index in [1.165, 1.54) is 50.0 Å². The lowest BCUT2D eigenvalue weighted by molar-refractivity contribution is 0.0953. The van der Waals surface area contributed by atoms with Crippen molar-refractivity contribution >= 4 is 11.6 Å². The fourth-order valence-electron chi connectivity index (χ4n) is 3.49. The van der Waals surface area contributed by atoms with Crippen LogP contribution in [0.1, 0.15) is 53.6 Å². The third kappa shape index (κ3) is 5.59. The molecule has 1 amide bonds. The molecule has 0 atom stereocenters. The molecule has 2 aromatic carbocycles. The van der Waals surface area contributed by atoms with E-state index in [1.54, 1.807) is 24.3 Å². The summed E-state index contributed by atoms with van der Waals surface area (Å²) in [6.07, 6.45) is 7.14. The van der Waals surface area contributed by atoms with Crippen LogP contribution >= 0.6 is 0 Å². The van der Waals surface area contributed by atoms with Crippen molar-refractivity contribution in [1.82, 2.24) is 5.32 Å². The van der Waals surface area contributed by atoms with Gasteiger partial charge in [0.1, 0.15) is 0 Å². The van der Waals surface area contributed by atoms with Gasteiger partial charge in [0.2, 0.25) is 0 Å². The number of nitrogens with one attached hydrogen (secondary N) is 1. The smallest absolute Gasteiger partial charge is 0.251 e. The molecule has 0 unspecified atom stereocenters. The molecule has 0 saturated carbocycles. The van der Waals surface area contributed by atoms with E-state index in [-0.39, 0.29) is 5.91 Å². The van der Waals surface area contributed by atoms with Gasteiger partial charge in [-0.05, 0) is 67.6 Å². The van der Waals surface area contributed by atoms with Gasteiger partial charge in [-0.3, -0.25) is 4.79 Å². The maximum Gasteiger partial charge on any atom is 0.251 e. The van der Waals surface area contributed by atoms with Crippen molar-refractivity contribution < 1.29 is 4.79 Å². The summed E-state index contributed by atoms with van der Waals surface area (Å²) in [5.74, 6) is -0.0870. The molecule has 1 fully saturated rings. The maximum atomic E-state index is 12.1. The largest absolute Gasteiger partial charge is 0.372 e. The van der Waals surface area contributed by atoms with Gasteiger partial charge in [0.05, 0.1) is 11.6 Å². The van der Waals surface area contributed by atoms with Crippen LogP contribution in [0.4, 0.5) is 5.69 Å². The first-order valence-corrected chi connectivity index (χ1v) is 9.88. The molecule has 1 N–H and O–H groups in total. The third-order valence-electron chi connectivity index (χ3n) is 5.11. The average Bonchev–Trinajstić information content (AvgIpc) is 3.01. The Kier molecular flexibility index (Phi) is 6.87. The number of rotatable bonds is 6. The molecule has 2 aromatic rings. The average molecular weight is 361 g/mol. The van der Waals surface area contributed by atoms with Gasteiger partial charge in [-0.25, -0.2) is 0 Å². The fourth-order valence-corrected chi connectivity index (χ4v) is 3.49. The predicted molar refractivity (Wildman–Crippen MR) is 109 cm³/mol. The fraction of sp³-hybridized carbons (Fsp3) is 0.391. The maximum absolute atomic E-state index is 12.1. The second kappa shape index (κ2) is 9.78.